The van der Waals surface area contributed by atoms with E-state index in [0.717, 1.165) is 12.8 Å². The zero-order valence-corrected chi connectivity index (χ0v) is 18.6. The molecule has 0 atom stereocenters. The lowest BCUT2D eigenvalue weighted by Gasteiger charge is -2.22. The number of ether oxygens (including phenoxy) is 1. The van der Waals surface area contributed by atoms with Gasteiger partial charge in [0.2, 0.25) is 5.89 Å². The molecule has 0 aliphatic carbocycles. The highest BCUT2D eigenvalue weighted by molar-refractivity contribution is 5.94. The smallest absolute Gasteiger partial charge is 0.273 e. The fourth-order valence-corrected chi connectivity index (χ4v) is 2.82. The van der Waals surface area contributed by atoms with Crippen LogP contribution in [0.2, 0.25) is 0 Å². The largest absolute Gasteiger partial charge is 0.497 e. The number of hydrogen-bond acceptors (Lipinski definition) is 5. The topological polar surface area (TPSA) is 84.7 Å². The van der Waals surface area contributed by atoms with Crippen LogP contribution in [0.4, 0.5) is 0 Å². The standard InChI is InChI=1S/C23H33N3O4/c1-16(2)9-11-24-22(27)20-15-30-21(25-20)14-26(12-10-17(3)4)23(28)18-7-6-8-19(13-18)29-5/h6-8,13,15-17H,9-12,14H2,1-5H3,(H,24,27). The first kappa shape index (κ1) is 23.4. The molecule has 0 saturated heterocycles. The van der Waals surface area contributed by atoms with E-state index in [4.69, 9.17) is 9.15 Å². The molecular weight excluding hydrogens is 382 g/mol. The lowest BCUT2D eigenvalue weighted by molar-refractivity contribution is 0.0720. The second kappa shape index (κ2) is 11.4. The van der Waals surface area contributed by atoms with Crippen LogP contribution in [0.25, 0.3) is 0 Å². The number of oxazole rings is 1. The van der Waals surface area contributed by atoms with Crippen molar-refractivity contribution in [2.45, 2.75) is 47.1 Å². The minimum Gasteiger partial charge on any atom is -0.497 e. The fourth-order valence-electron chi connectivity index (χ4n) is 2.82. The molecule has 0 radical (unpaired) electrons. The number of methoxy groups -OCH3 is 1. The molecule has 0 bridgehead atoms. The van der Waals surface area contributed by atoms with Crippen LogP contribution < -0.4 is 10.1 Å². The van der Waals surface area contributed by atoms with Crippen LogP contribution >= 0.6 is 0 Å². The SMILES string of the molecule is COc1cccc(C(=O)N(CCC(C)C)Cc2nc(C(=O)NCCC(C)C)co2)c1. The van der Waals surface area contributed by atoms with Crippen molar-refractivity contribution in [3.05, 3.63) is 47.7 Å². The van der Waals surface area contributed by atoms with Crippen LogP contribution in [-0.2, 0) is 6.54 Å². The average Bonchev–Trinajstić information content (AvgIpc) is 3.19. The number of carbonyl (C=O) groups excluding carboxylic acids is 2. The van der Waals surface area contributed by atoms with E-state index in [9.17, 15) is 9.59 Å². The Morgan fingerprint density at radius 2 is 1.90 bits per heavy atom. The molecule has 164 valence electrons. The average molecular weight is 416 g/mol. The molecule has 7 nitrogen and oxygen atoms in total. The summed E-state index contributed by atoms with van der Waals surface area (Å²) in [5, 5.41) is 2.84. The van der Waals surface area contributed by atoms with Crippen molar-refractivity contribution in [2.24, 2.45) is 11.8 Å². The molecule has 0 unspecified atom stereocenters. The molecule has 1 N–H and O–H groups in total. The summed E-state index contributed by atoms with van der Waals surface area (Å²) in [4.78, 5) is 31.3. The van der Waals surface area contributed by atoms with Gasteiger partial charge < -0.3 is 19.4 Å². The first-order valence-electron chi connectivity index (χ1n) is 10.5. The molecule has 1 heterocycles. The first-order valence-corrected chi connectivity index (χ1v) is 10.5. The highest BCUT2D eigenvalue weighted by Crippen LogP contribution is 2.17. The van der Waals surface area contributed by atoms with Gasteiger partial charge in [-0.15, -0.1) is 0 Å². The van der Waals surface area contributed by atoms with Crippen molar-refractivity contribution >= 4 is 11.8 Å². The number of hydrogen-bond donors (Lipinski definition) is 1. The van der Waals surface area contributed by atoms with E-state index in [2.05, 4.69) is 38.0 Å². The summed E-state index contributed by atoms with van der Waals surface area (Å²) in [7, 11) is 1.57. The van der Waals surface area contributed by atoms with Gasteiger partial charge >= 0.3 is 0 Å². The molecule has 0 aliphatic heterocycles. The minimum absolute atomic E-state index is 0.129. The first-order chi connectivity index (χ1) is 14.3. The lowest BCUT2D eigenvalue weighted by atomic mass is 10.1. The van der Waals surface area contributed by atoms with Crippen LogP contribution in [0.1, 0.15) is 67.3 Å². The number of aromatic nitrogens is 1. The Hall–Kier alpha value is -2.83. The van der Waals surface area contributed by atoms with Gasteiger partial charge in [0, 0.05) is 18.7 Å². The van der Waals surface area contributed by atoms with Gasteiger partial charge in [-0.25, -0.2) is 4.98 Å². The van der Waals surface area contributed by atoms with Crippen LogP contribution in [-0.4, -0.2) is 41.9 Å². The van der Waals surface area contributed by atoms with Crippen molar-refractivity contribution in [1.82, 2.24) is 15.2 Å². The van der Waals surface area contributed by atoms with Crippen molar-refractivity contribution in [3.63, 3.8) is 0 Å². The molecule has 0 saturated carbocycles. The summed E-state index contributed by atoms with van der Waals surface area (Å²) >= 11 is 0. The van der Waals surface area contributed by atoms with E-state index in [0.29, 0.717) is 42.1 Å². The van der Waals surface area contributed by atoms with Crippen molar-refractivity contribution in [3.8, 4) is 5.75 Å². The quantitative estimate of drug-likeness (QED) is 0.596. The molecular formula is C23H33N3O4. The second-order valence-corrected chi connectivity index (χ2v) is 8.21. The molecule has 2 aromatic rings. The predicted octanol–water partition coefficient (Wildman–Crippen LogP) is 4.15. The number of nitrogens with zero attached hydrogens (tertiary/aromatic N) is 2. The number of rotatable bonds is 11. The summed E-state index contributed by atoms with van der Waals surface area (Å²) in [6.45, 7) is 9.77. The summed E-state index contributed by atoms with van der Waals surface area (Å²) in [5.41, 5.74) is 0.766. The van der Waals surface area contributed by atoms with Gasteiger partial charge in [0.25, 0.3) is 11.8 Å². The van der Waals surface area contributed by atoms with Gasteiger partial charge in [-0.1, -0.05) is 33.8 Å². The highest BCUT2D eigenvalue weighted by Gasteiger charge is 2.20. The number of carbonyl (C=O) groups is 2. The summed E-state index contributed by atoms with van der Waals surface area (Å²) in [5.74, 6) is 1.52. The lowest BCUT2D eigenvalue weighted by Crippen LogP contribution is -2.32. The van der Waals surface area contributed by atoms with E-state index >= 15 is 0 Å². The van der Waals surface area contributed by atoms with Crippen molar-refractivity contribution < 1.29 is 18.7 Å². The molecule has 2 rings (SSSR count). The summed E-state index contributed by atoms with van der Waals surface area (Å²) in [6.07, 6.45) is 3.09. The zero-order chi connectivity index (χ0) is 22.1. The van der Waals surface area contributed by atoms with E-state index < -0.39 is 0 Å². The molecule has 0 fully saturated rings. The van der Waals surface area contributed by atoms with E-state index in [1.54, 1.807) is 36.3 Å². The number of amides is 2. The molecule has 0 aliphatic rings. The van der Waals surface area contributed by atoms with Gasteiger partial charge in [-0.3, -0.25) is 9.59 Å². The fraction of sp³-hybridized carbons (Fsp3) is 0.522. The third-order valence-electron chi connectivity index (χ3n) is 4.70. The van der Waals surface area contributed by atoms with E-state index in [1.165, 1.54) is 6.26 Å². The minimum atomic E-state index is -0.265. The maximum Gasteiger partial charge on any atom is 0.273 e. The highest BCUT2D eigenvalue weighted by atomic mass is 16.5. The molecule has 30 heavy (non-hydrogen) atoms. The Morgan fingerprint density at radius 1 is 1.17 bits per heavy atom. The van der Waals surface area contributed by atoms with Crippen LogP contribution in [0.3, 0.4) is 0 Å². The third-order valence-corrected chi connectivity index (χ3v) is 4.70. The molecule has 2 amide bonds. The van der Waals surface area contributed by atoms with Gasteiger partial charge in [0.15, 0.2) is 5.69 Å². The predicted molar refractivity (Wildman–Crippen MR) is 115 cm³/mol. The Kier molecular flexibility index (Phi) is 8.89. The molecule has 0 spiro atoms. The van der Waals surface area contributed by atoms with Gasteiger partial charge in [-0.05, 0) is 42.9 Å². The Labute approximate surface area is 178 Å². The third kappa shape index (κ3) is 7.21. The normalized spacial score (nSPS) is 11.0. The monoisotopic (exact) mass is 415 g/mol. The van der Waals surface area contributed by atoms with E-state index in [1.807, 2.05) is 0 Å². The van der Waals surface area contributed by atoms with Crippen LogP contribution in [0.15, 0.2) is 34.9 Å². The van der Waals surface area contributed by atoms with Crippen molar-refractivity contribution in [1.29, 1.82) is 0 Å². The maximum absolute atomic E-state index is 13.1. The maximum atomic E-state index is 13.1. The van der Waals surface area contributed by atoms with Crippen LogP contribution in [0, 0.1) is 11.8 Å². The summed E-state index contributed by atoms with van der Waals surface area (Å²) < 4.78 is 10.7. The van der Waals surface area contributed by atoms with Crippen molar-refractivity contribution in [2.75, 3.05) is 20.2 Å². The molecule has 1 aromatic carbocycles. The van der Waals surface area contributed by atoms with Gasteiger partial charge in [0.1, 0.15) is 12.0 Å². The zero-order valence-electron chi connectivity index (χ0n) is 18.6. The van der Waals surface area contributed by atoms with E-state index in [-0.39, 0.29) is 24.1 Å². The Morgan fingerprint density at radius 3 is 2.57 bits per heavy atom. The molecule has 7 heteroatoms. The molecule has 1 aromatic heterocycles. The second-order valence-electron chi connectivity index (χ2n) is 8.21. The number of benzene rings is 1. The van der Waals surface area contributed by atoms with Gasteiger partial charge in [0.05, 0.1) is 13.7 Å². The Bertz CT molecular complexity index is 829. The Balaban J connectivity index is 2.10. The number of nitrogens with one attached hydrogen (secondary N) is 1. The summed E-state index contributed by atoms with van der Waals surface area (Å²) in [6, 6.07) is 7.06. The van der Waals surface area contributed by atoms with Gasteiger partial charge in [-0.2, -0.15) is 0 Å². The van der Waals surface area contributed by atoms with Crippen LogP contribution in [0.5, 0.6) is 5.75 Å².